The number of benzene rings is 1. The molecule has 9 heteroatoms. The molecule has 0 fully saturated rings. The summed E-state index contributed by atoms with van der Waals surface area (Å²) in [6.07, 6.45) is 1.43. The summed E-state index contributed by atoms with van der Waals surface area (Å²) in [5.41, 5.74) is 2.11. The van der Waals surface area contributed by atoms with Gasteiger partial charge in [0, 0.05) is 25.6 Å². The molecule has 1 amide bonds. The lowest BCUT2D eigenvalue weighted by atomic mass is 10.2. The van der Waals surface area contributed by atoms with Crippen LogP contribution in [-0.4, -0.2) is 38.8 Å². The van der Waals surface area contributed by atoms with Crippen LogP contribution in [0.25, 0.3) is 5.69 Å². The van der Waals surface area contributed by atoms with E-state index in [0.717, 1.165) is 32.2 Å². The molecule has 1 N–H and O–H groups in total. The van der Waals surface area contributed by atoms with E-state index in [2.05, 4.69) is 37.5 Å². The number of carbonyl (C=O) groups is 2. The van der Waals surface area contributed by atoms with Crippen molar-refractivity contribution < 1.29 is 9.59 Å². The fraction of sp³-hybridized carbons (Fsp3) is 0.300. The third kappa shape index (κ3) is 6.01. The average Bonchev–Trinajstić information content (AvgIpc) is 3.29. The van der Waals surface area contributed by atoms with Gasteiger partial charge in [-0.15, -0.1) is 21.5 Å². The average molecular weight is 493 g/mol. The Labute approximate surface area is 186 Å². The fourth-order valence-electron chi connectivity index (χ4n) is 2.76. The minimum absolute atomic E-state index is 0.0416. The quantitative estimate of drug-likeness (QED) is 0.271. The topological polar surface area (TPSA) is 76.9 Å². The first-order valence-electron chi connectivity index (χ1n) is 9.11. The second-order valence-electron chi connectivity index (χ2n) is 6.48. The van der Waals surface area contributed by atoms with Gasteiger partial charge in [-0.05, 0) is 59.1 Å². The number of aryl methyl sites for hydroxylation is 2. The van der Waals surface area contributed by atoms with Crippen molar-refractivity contribution in [3.63, 3.8) is 0 Å². The van der Waals surface area contributed by atoms with Gasteiger partial charge in [0.2, 0.25) is 5.91 Å². The Bertz CT molecular complexity index is 1020. The number of nitrogens with one attached hydrogen (secondary N) is 1. The maximum Gasteiger partial charge on any atom is 0.216 e. The first kappa shape index (κ1) is 21.7. The van der Waals surface area contributed by atoms with Crippen LogP contribution in [0.2, 0.25) is 0 Å². The third-order valence-corrected chi connectivity index (χ3v) is 6.69. The molecular formula is C20H21BrN4O2S2. The molecule has 0 spiro atoms. The number of nitrogens with zero attached hydrogens (tertiary/aromatic N) is 3. The van der Waals surface area contributed by atoms with Crippen molar-refractivity contribution in [2.45, 2.75) is 31.8 Å². The van der Waals surface area contributed by atoms with Gasteiger partial charge in [-0.25, -0.2) is 0 Å². The molecule has 29 heavy (non-hydrogen) atoms. The highest BCUT2D eigenvalue weighted by Crippen LogP contribution is 2.27. The summed E-state index contributed by atoms with van der Waals surface area (Å²) in [4.78, 5) is 24.3. The Hall–Kier alpha value is -1.97. The van der Waals surface area contributed by atoms with Gasteiger partial charge >= 0.3 is 0 Å². The number of halogens is 1. The summed E-state index contributed by atoms with van der Waals surface area (Å²) in [7, 11) is 0. The Morgan fingerprint density at radius 3 is 2.76 bits per heavy atom. The lowest BCUT2D eigenvalue weighted by Gasteiger charge is -2.11. The molecule has 0 bridgehead atoms. The van der Waals surface area contributed by atoms with E-state index in [1.807, 2.05) is 41.8 Å². The van der Waals surface area contributed by atoms with Gasteiger partial charge in [0.25, 0.3) is 0 Å². The predicted octanol–water partition coefficient (Wildman–Crippen LogP) is 4.44. The van der Waals surface area contributed by atoms with E-state index >= 15 is 0 Å². The van der Waals surface area contributed by atoms with Gasteiger partial charge in [0.15, 0.2) is 10.9 Å². The smallest absolute Gasteiger partial charge is 0.216 e. The predicted molar refractivity (Wildman–Crippen MR) is 120 cm³/mol. The molecule has 3 rings (SSSR count). The minimum Gasteiger partial charge on any atom is -0.356 e. The van der Waals surface area contributed by atoms with E-state index in [-0.39, 0.29) is 11.7 Å². The number of Topliss-reactive ketones (excluding diaryl/α,β-unsaturated/α-hetero) is 1. The fourth-order valence-corrected chi connectivity index (χ4v) is 5.03. The first-order valence-corrected chi connectivity index (χ1v) is 11.7. The van der Waals surface area contributed by atoms with Crippen molar-refractivity contribution >= 4 is 50.7 Å². The Morgan fingerprint density at radius 1 is 1.24 bits per heavy atom. The van der Waals surface area contributed by atoms with E-state index < -0.39 is 0 Å². The van der Waals surface area contributed by atoms with E-state index in [4.69, 9.17) is 0 Å². The molecule has 2 aromatic heterocycles. The molecule has 1 aromatic carbocycles. The van der Waals surface area contributed by atoms with Crippen molar-refractivity contribution in [1.82, 2.24) is 20.1 Å². The molecule has 3 aromatic rings. The van der Waals surface area contributed by atoms with Gasteiger partial charge in [0.05, 0.1) is 14.4 Å². The Balaban J connectivity index is 1.78. The van der Waals surface area contributed by atoms with Crippen LogP contribution in [0.4, 0.5) is 0 Å². The van der Waals surface area contributed by atoms with Crippen LogP contribution in [-0.2, 0) is 11.2 Å². The second kappa shape index (κ2) is 10.2. The number of hydrogen-bond donors (Lipinski definition) is 1. The van der Waals surface area contributed by atoms with Crippen molar-refractivity contribution in [3.05, 3.63) is 56.4 Å². The molecule has 0 atom stereocenters. The molecule has 0 saturated heterocycles. The summed E-state index contributed by atoms with van der Waals surface area (Å²) >= 11 is 6.21. The molecule has 0 aliphatic heterocycles. The number of thiophene rings is 1. The maximum absolute atomic E-state index is 12.5. The first-order chi connectivity index (χ1) is 13.9. The monoisotopic (exact) mass is 492 g/mol. The zero-order valence-corrected chi connectivity index (χ0v) is 19.4. The number of hydrogen-bond acceptors (Lipinski definition) is 6. The summed E-state index contributed by atoms with van der Waals surface area (Å²) in [5, 5.41) is 12.2. The normalized spacial score (nSPS) is 10.9. The molecule has 0 saturated carbocycles. The second-order valence-corrected chi connectivity index (χ2v) is 9.88. The van der Waals surface area contributed by atoms with Crippen LogP contribution in [0.3, 0.4) is 0 Å². The molecule has 152 valence electrons. The molecule has 0 aliphatic carbocycles. The highest BCUT2D eigenvalue weighted by molar-refractivity contribution is 9.11. The highest BCUT2D eigenvalue weighted by Gasteiger charge is 2.17. The molecule has 6 nitrogen and oxygen atoms in total. The van der Waals surface area contributed by atoms with Crippen molar-refractivity contribution in [2.75, 3.05) is 12.3 Å². The van der Waals surface area contributed by atoms with E-state index in [0.29, 0.717) is 23.9 Å². The zero-order chi connectivity index (χ0) is 20.8. The van der Waals surface area contributed by atoms with Gasteiger partial charge in [0.1, 0.15) is 5.82 Å². The van der Waals surface area contributed by atoms with E-state index in [1.165, 1.54) is 30.0 Å². The maximum atomic E-state index is 12.5. The van der Waals surface area contributed by atoms with Crippen molar-refractivity contribution in [1.29, 1.82) is 0 Å². The number of amides is 1. The number of ketones is 1. The van der Waals surface area contributed by atoms with Crippen LogP contribution < -0.4 is 5.32 Å². The van der Waals surface area contributed by atoms with Crippen LogP contribution in [0.5, 0.6) is 0 Å². The number of carbonyl (C=O) groups excluding carboxylic acids is 2. The zero-order valence-electron chi connectivity index (χ0n) is 16.1. The number of aromatic nitrogens is 3. The minimum atomic E-state index is -0.0416. The Kier molecular flexibility index (Phi) is 7.63. The van der Waals surface area contributed by atoms with Crippen molar-refractivity contribution in [3.8, 4) is 5.69 Å². The van der Waals surface area contributed by atoms with E-state index in [9.17, 15) is 9.59 Å². The number of rotatable bonds is 9. The third-order valence-electron chi connectivity index (χ3n) is 4.09. The number of thioether (sulfide) groups is 1. The SMILES string of the molecule is CC(=O)NCCCc1nnc(SCC(=O)c2ccc(Br)s2)n1-c1cccc(C)c1. The molecular weight excluding hydrogens is 472 g/mol. The Morgan fingerprint density at radius 2 is 2.07 bits per heavy atom. The van der Waals surface area contributed by atoms with Gasteiger partial charge in [-0.2, -0.15) is 0 Å². The molecule has 0 unspecified atom stereocenters. The van der Waals surface area contributed by atoms with Crippen LogP contribution >= 0.6 is 39.0 Å². The highest BCUT2D eigenvalue weighted by atomic mass is 79.9. The van der Waals surface area contributed by atoms with Crippen LogP contribution in [0, 0.1) is 6.92 Å². The van der Waals surface area contributed by atoms with Crippen LogP contribution in [0.15, 0.2) is 45.3 Å². The lowest BCUT2D eigenvalue weighted by molar-refractivity contribution is -0.118. The summed E-state index contributed by atoms with van der Waals surface area (Å²) in [5.74, 6) is 1.13. The van der Waals surface area contributed by atoms with Crippen LogP contribution in [0.1, 0.15) is 34.4 Å². The summed E-state index contributed by atoms with van der Waals surface area (Å²) in [6.45, 7) is 4.13. The lowest BCUT2D eigenvalue weighted by Crippen LogP contribution is -2.21. The van der Waals surface area contributed by atoms with Gasteiger partial charge in [-0.1, -0.05) is 23.9 Å². The largest absolute Gasteiger partial charge is 0.356 e. The van der Waals surface area contributed by atoms with E-state index in [1.54, 1.807) is 0 Å². The van der Waals surface area contributed by atoms with Gasteiger partial charge in [-0.3, -0.25) is 14.2 Å². The van der Waals surface area contributed by atoms with Gasteiger partial charge < -0.3 is 5.32 Å². The molecule has 2 heterocycles. The van der Waals surface area contributed by atoms with Crippen molar-refractivity contribution in [2.24, 2.45) is 0 Å². The molecule has 0 radical (unpaired) electrons. The molecule has 0 aliphatic rings. The summed E-state index contributed by atoms with van der Waals surface area (Å²) < 4.78 is 2.94. The standard InChI is InChI=1S/C20H21BrN4O2S2/c1-13-5-3-6-15(11-13)25-19(7-4-10-22-14(2)26)23-24-20(25)28-12-16(27)17-8-9-18(21)29-17/h3,5-6,8-9,11H,4,7,10,12H2,1-2H3,(H,22,26). The summed E-state index contributed by atoms with van der Waals surface area (Å²) in [6, 6.07) is 11.8.